The van der Waals surface area contributed by atoms with Crippen molar-refractivity contribution in [3.63, 3.8) is 0 Å². The largest absolute Gasteiger partial charge is 0.472 e. The highest BCUT2D eigenvalue weighted by molar-refractivity contribution is 7.47. The van der Waals surface area contributed by atoms with Gasteiger partial charge in [-0.3, -0.25) is 27.5 Å². The van der Waals surface area contributed by atoms with Crippen molar-refractivity contribution in [2.24, 2.45) is 0 Å². The third kappa shape index (κ3) is 10.9. The van der Waals surface area contributed by atoms with E-state index >= 15 is 0 Å². The van der Waals surface area contributed by atoms with Crippen LogP contribution in [0.5, 0.6) is 0 Å². The molecule has 3 aromatic heterocycles. The van der Waals surface area contributed by atoms with Gasteiger partial charge in [0.1, 0.15) is 54.2 Å². The van der Waals surface area contributed by atoms with Gasteiger partial charge in [-0.05, 0) is 30.2 Å². The van der Waals surface area contributed by atoms with Crippen LogP contribution in [0, 0.1) is 0 Å². The first-order chi connectivity index (χ1) is 29.3. The zero-order valence-corrected chi connectivity index (χ0v) is 35.0. The number of esters is 1. The molecule has 62 heavy (non-hydrogen) atoms. The summed E-state index contributed by atoms with van der Waals surface area (Å²) in [5, 5.41) is 23.3. The molecule has 0 spiro atoms. The van der Waals surface area contributed by atoms with Crippen molar-refractivity contribution < 1.29 is 71.4 Å². The summed E-state index contributed by atoms with van der Waals surface area (Å²) in [6.45, 7) is 1.63. The van der Waals surface area contributed by atoms with Crippen molar-refractivity contribution in [3.05, 3.63) is 82.9 Å². The van der Waals surface area contributed by atoms with Gasteiger partial charge in [0.25, 0.3) is 0 Å². The van der Waals surface area contributed by atoms with Gasteiger partial charge in [-0.25, -0.2) is 33.7 Å². The number of imidazole rings is 1. The van der Waals surface area contributed by atoms with Crippen LogP contribution < -0.4 is 17.2 Å². The van der Waals surface area contributed by atoms with Gasteiger partial charge in [0.15, 0.2) is 30.0 Å². The number of allylic oxidation sites excluding steroid dienone is 1. The van der Waals surface area contributed by atoms with Gasteiger partial charge in [-0.2, -0.15) is 4.98 Å². The number of halogens is 1. The molecule has 1 aromatic carbocycles. The number of fused-ring (bicyclic) bond motifs is 1. The molecule has 0 saturated carbocycles. The quantitative estimate of drug-likeness (QED) is 0.0391. The number of amides is 1. The van der Waals surface area contributed by atoms with E-state index in [9.17, 15) is 48.4 Å². The number of anilines is 2. The molecule has 0 aliphatic carbocycles. The molecule has 336 valence electrons. The maximum absolute atomic E-state index is 14.2. The average Bonchev–Trinajstić information content (AvgIpc) is 3.87. The van der Waals surface area contributed by atoms with E-state index in [0.717, 1.165) is 17.1 Å². The fourth-order valence-electron chi connectivity index (χ4n) is 6.65. The highest BCUT2D eigenvalue weighted by Crippen LogP contribution is 2.50. The first-order valence-corrected chi connectivity index (χ1v) is 21.8. The number of nitrogen functional groups attached to an aromatic ring is 2. The Balaban J connectivity index is 1.27. The summed E-state index contributed by atoms with van der Waals surface area (Å²) in [7, 11) is -9.21. The molecule has 1 amide bonds. The van der Waals surface area contributed by atoms with E-state index in [-0.39, 0.29) is 35.6 Å². The van der Waals surface area contributed by atoms with Gasteiger partial charge in [-0.15, -0.1) is 6.58 Å². The topological polar surface area (TPSA) is 359 Å². The normalized spacial score (nSPS) is 25.3. The van der Waals surface area contributed by atoms with E-state index in [4.69, 9.17) is 46.3 Å². The SMILES string of the molecule is C=CCCC(=O)N(C)[C@H](Cc1ccc(Cl)cc1)C(=O)OC1C(COP(=O)(O)O[C@H]2[C@@H](O)[C@H](n3ccc(N)nc3=O)O[C@@H]2COP(=O)(O)O)OC(n2cnc3c(N)ncnc32)C1O. The van der Waals surface area contributed by atoms with Crippen molar-refractivity contribution in [2.45, 2.75) is 74.4 Å². The molecular weight excluding hydrogens is 888 g/mol. The minimum Gasteiger partial charge on any atom is -0.455 e. The van der Waals surface area contributed by atoms with Gasteiger partial charge >= 0.3 is 27.3 Å². The van der Waals surface area contributed by atoms with Crippen LogP contribution in [0.15, 0.2) is 66.6 Å². The van der Waals surface area contributed by atoms with Crippen molar-refractivity contribution in [1.29, 1.82) is 0 Å². The highest BCUT2D eigenvalue weighted by atomic mass is 35.5. The number of likely N-dealkylation sites (N-methyl/N-ethyl adjacent to an activating group) is 1. The molecule has 0 bridgehead atoms. The second-order valence-electron chi connectivity index (χ2n) is 13.9. The smallest absolute Gasteiger partial charge is 0.455 e. The van der Waals surface area contributed by atoms with Crippen LogP contribution in [0.1, 0.15) is 30.9 Å². The lowest BCUT2D eigenvalue weighted by atomic mass is 10.0. The third-order valence-corrected chi connectivity index (χ3v) is 11.5. The van der Waals surface area contributed by atoms with E-state index in [2.05, 4.69) is 31.0 Å². The number of rotatable bonds is 18. The number of phosphoric ester groups is 2. The summed E-state index contributed by atoms with van der Waals surface area (Å²) in [4.78, 5) is 86.5. The number of nitrogens with zero attached hydrogens (tertiary/aromatic N) is 7. The summed E-state index contributed by atoms with van der Waals surface area (Å²) in [6, 6.07) is 6.35. The van der Waals surface area contributed by atoms with E-state index < -0.39 is 102 Å². The van der Waals surface area contributed by atoms with Crippen molar-refractivity contribution in [3.8, 4) is 0 Å². The highest BCUT2D eigenvalue weighted by Gasteiger charge is 2.52. The van der Waals surface area contributed by atoms with Crippen LogP contribution in [0.25, 0.3) is 11.2 Å². The molecule has 5 unspecified atom stereocenters. The fraction of sp³-hybridized carbons (Fsp3) is 0.441. The molecule has 2 fully saturated rings. The number of nitrogens with two attached hydrogens (primary N) is 2. The van der Waals surface area contributed by atoms with E-state index in [1.165, 1.54) is 35.0 Å². The molecule has 5 heterocycles. The van der Waals surface area contributed by atoms with Crippen LogP contribution >= 0.6 is 27.2 Å². The zero-order valence-electron chi connectivity index (χ0n) is 32.4. The number of carbonyl (C=O) groups excluding carboxylic acids is 2. The summed E-state index contributed by atoms with van der Waals surface area (Å²) in [5.41, 5.74) is 11.3. The lowest BCUT2D eigenvalue weighted by Crippen LogP contribution is -2.48. The van der Waals surface area contributed by atoms with Crippen LogP contribution in [0.2, 0.25) is 5.02 Å². The molecule has 0 radical (unpaired) electrons. The Labute approximate surface area is 355 Å². The standard InChI is InChI=1S/C34H42ClN9O16P2/c1-3-4-5-23(45)42(2)19(12-17-6-8-18(35)9-7-17)33(48)59-27-20(57-32(25(27)46)44-16-40-24-29(37)38-15-39-30(24)44)14-56-62(53,54)60-28-21(13-55-61(50,51)52)58-31(26(28)47)43-11-10-22(36)41-34(43)49/h3,6-11,15-16,19-21,25-28,31-32,46-47H,1,4-5,12-14H2,2H3,(H,53,54)(H2,36,41,49)(H2,37,38,39)(H2,50,51,52)/t19-,20?,21-,25?,26-,27?,28-,31-,32?/m1/s1. The average molecular weight is 930 g/mol. The first-order valence-electron chi connectivity index (χ1n) is 18.4. The number of benzene rings is 1. The summed E-state index contributed by atoms with van der Waals surface area (Å²) in [6.07, 6.45) is -8.73. The number of carbonyl (C=O) groups is 2. The second-order valence-corrected chi connectivity index (χ2v) is 17.0. The van der Waals surface area contributed by atoms with Crippen LogP contribution in [0.3, 0.4) is 0 Å². The van der Waals surface area contributed by atoms with Crippen molar-refractivity contribution in [2.75, 3.05) is 31.7 Å². The minimum atomic E-state index is -5.43. The molecule has 6 rings (SSSR count). The van der Waals surface area contributed by atoms with Gasteiger partial charge in [0.2, 0.25) is 5.91 Å². The molecule has 4 aromatic rings. The molecular formula is C34H42ClN9O16P2. The maximum Gasteiger partial charge on any atom is 0.472 e. The summed E-state index contributed by atoms with van der Waals surface area (Å²) in [5.74, 6) is -1.66. The monoisotopic (exact) mass is 929 g/mol. The Bertz CT molecular complexity index is 2420. The Morgan fingerprint density at radius 1 is 0.984 bits per heavy atom. The van der Waals surface area contributed by atoms with Crippen LogP contribution in [0.4, 0.5) is 11.6 Å². The maximum atomic E-state index is 14.2. The number of aliphatic hydroxyl groups excluding tert-OH is 2. The van der Waals surface area contributed by atoms with Gasteiger partial charge < -0.3 is 55.5 Å². The Kier molecular flexibility index (Phi) is 14.6. The number of ether oxygens (including phenoxy) is 3. The van der Waals surface area contributed by atoms with Gasteiger partial charge in [-0.1, -0.05) is 29.8 Å². The summed E-state index contributed by atoms with van der Waals surface area (Å²) < 4.78 is 59.7. The lowest BCUT2D eigenvalue weighted by molar-refractivity contribution is -0.165. The van der Waals surface area contributed by atoms with Gasteiger partial charge in [0, 0.05) is 31.1 Å². The zero-order chi connectivity index (χ0) is 45.1. The molecule has 9 N–H and O–H groups in total. The van der Waals surface area contributed by atoms with E-state index in [0.29, 0.717) is 17.0 Å². The number of hydrogen-bond acceptors (Lipinski definition) is 19. The van der Waals surface area contributed by atoms with Gasteiger partial charge in [0.05, 0.1) is 19.5 Å². The van der Waals surface area contributed by atoms with Crippen LogP contribution in [-0.2, 0) is 52.9 Å². The fourth-order valence-corrected chi connectivity index (χ4v) is 8.08. The van der Waals surface area contributed by atoms with Crippen LogP contribution in [-0.4, -0.2) is 134 Å². The number of aliphatic hydroxyl groups is 2. The molecule has 2 saturated heterocycles. The summed E-state index contributed by atoms with van der Waals surface area (Å²) >= 11 is 6.07. The van der Waals surface area contributed by atoms with Crippen molar-refractivity contribution >= 4 is 61.9 Å². The Hall–Kier alpha value is -4.72. The number of hydrogen-bond donors (Lipinski definition) is 7. The van der Waals surface area contributed by atoms with E-state index in [1.807, 2.05) is 0 Å². The third-order valence-electron chi connectivity index (χ3n) is 9.76. The van der Waals surface area contributed by atoms with E-state index in [1.54, 1.807) is 24.3 Å². The molecule has 10 atom stereocenters. The Morgan fingerprint density at radius 3 is 2.29 bits per heavy atom. The number of aromatic nitrogens is 6. The minimum absolute atomic E-state index is 0.00393. The molecule has 2 aliphatic heterocycles. The molecule has 25 nitrogen and oxygen atoms in total. The predicted molar refractivity (Wildman–Crippen MR) is 212 cm³/mol. The molecule has 2 aliphatic rings. The number of phosphoric acid groups is 2. The molecule has 28 heteroatoms. The first kappa shape index (κ1) is 46.8. The second kappa shape index (κ2) is 19.3. The lowest BCUT2D eigenvalue weighted by Gasteiger charge is -2.30. The van der Waals surface area contributed by atoms with Crippen molar-refractivity contribution in [1.82, 2.24) is 34.0 Å². The Morgan fingerprint density at radius 2 is 1.63 bits per heavy atom. The predicted octanol–water partition coefficient (Wildman–Crippen LogP) is -0.0232.